The third-order valence-electron chi connectivity index (χ3n) is 1.83. The van der Waals surface area contributed by atoms with Gasteiger partial charge < -0.3 is 10.8 Å². The fourth-order valence-electron chi connectivity index (χ4n) is 1.04. The molecule has 0 aliphatic carbocycles. The summed E-state index contributed by atoms with van der Waals surface area (Å²) in [5.41, 5.74) is 6.58. The Labute approximate surface area is 80.5 Å². The van der Waals surface area contributed by atoms with E-state index in [0.717, 1.165) is 16.5 Å². The molecule has 0 heterocycles. The van der Waals surface area contributed by atoms with Crippen LogP contribution in [0.4, 0.5) is 0 Å². The third kappa shape index (κ3) is 1.99. The van der Waals surface area contributed by atoms with Gasteiger partial charge in [-0.1, -0.05) is 22.9 Å². The number of nitrogens with two attached hydrogens (primary N) is 1. The molecule has 1 atom stereocenters. The number of phenolic OH excluding ortho intramolecular Hbond substituents is 1. The minimum Gasteiger partial charge on any atom is -0.508 e. The summed E-state index contributed by atoms with van der Waals surface area (Å²) in [5, 5.41) is 9.44. The second kappa shape index (κ2) is 3.92. The Morgan fingerprint density at radius 1 is 1.58 bits per heavy atom. The molecule has 12 heavy (non-hydrogen) atoms. The number of hydrogen-bond donors (Lipinski definition) is 2. The molecule has 0 aromatic heterocycles. The molecule has 0 bridgehead atoms. The number of rotatable bonds is 2. The van der Waals surface area contributed by atoms with Gasteiger partial charge in [-0.15, -0.1) is 0 Å². The number of aromatic hydroxyl groups is 1. The molecule has 3 heteroatoms. The van der Waals surface area contributed by atoms with Gasteiger partial charge in [0.1, 0.15) is 5.75 Å². The predicted octanol–water partition coefficient (Wildman–Crippen LogP) is 2.56. The van der Waals surface area contributed by atoms with Gasteiger partial charge in [-0.25, -0.2) is 0 Å². The van der Waals surface area contributed by atoms with Gasteiger partial charge in [0.15, 0.2) is 0 Å². The summed E-state index contributed by atoms with van der Waals surface area (Å²) < 4.78 is 0.944. The molecule has 0 fully saturated rings. The molecule has 66 valence electrons. The Hall–Kier alpha value is -0.540. The van der Waals surface area contributed by atoms with Crippen LogP contribution in [0, 0.1) is 0 Å². The Kier molecular flexibility index (Phi) is 3.12. The molecule has 0 aliphatic heterocycles. The Balaban J connectivity index is 3.04. The van der Waals surface area contributed by atoms with Gasteiger partial charge in [-0.3, -0.25) is 0 Å². The maximum absolute atomic E-state index is 9.44. The van der Waals surface area contributed by atoms with E-state index in [0.29, 0.717) is 0 Å². The van der Waals surface area contributed by atoms with Crippen LogP contribution in [-0.2, 0) is 0 Å². The van der Waals surface area contributed by atoms with E-state index in [1.165, 1.54) is 0 Å². The van der Waals surface area contributed by atoms with Crippen molar-refractivity contribution in [2.45, 2.75) is 19.4 Å². The van der Waals surface area contributed by atoms with Gasteiger partial charge in [-0.2, -0.15) is 0 Å². The van der Waals surface area contributed by atoms with Crippen molar-refractivity contribution in [3.63, 3.8) is 0 Å². The number of hydrogen-bond acceptors (Lipinski definition) is 2. The van der Waals surface area contributed by atoms with E-state index in [1.54, 1.807) is 12.1 Å². The van der Waals surface area contributed by atoms with Crippen molar-refractivity contribution in [3.8, 4) is 5.75 Å². The highest BCUT2D eigenvalue weighted by Crippen LogP contribution is 2.27. The normalized spacial score (nSPS) is 12.9. The van der Waals surface area contributed by atoms with Crippen LogP contribution in [-0.4, -0.2) is 5.11 Å². The lowest BCUT2D eigenvalue weighted by molar-refractivity contribution is 0.460. The van der Waals surface area contributed by atoms with Gasteiger partial charge in [-0.05, 0) is 24.6 Å². The van der Waals surface area contributed by atoms with E-state index < -0.39 is 0 Å². The van der Waals surface area contributed by atoms with Gasteiger partial charge in [0.05, 0.1) is 0 Å². The van der Waals surface area contributed by atoms with E-state index in [4.69, 9.17) is 5.73 Å². The standard InChI is InChI=1S/C9H12BrNO/c1-2-8(11)7-5-6(10)3-4-9(7)12/h3-5,8,12H,2,11H2,1H3/t8-/m0/s1. The molecule has 0 saturated carbocycles. The minimum atomic E-state index is -0.0810. The highest BCUT2D eigenvalue weighted by Gasteiger charge is 2.08. The van der Waals surface area contributed by atoms with E-state index in [1.807, 2.05) is 13.0 Å². The molecule has 0 amide bonds. The maximum atomic E-state index is 9.44. The van der Waals surface area contributed by atoms with Crippen LogP contribution in [0.5, 0.6) is 5.75 Å². The predicted molar refractivity (Wildman–Crippen MR) is 53.0 cm³/mol. The molecule has 0 spiro atoms. The van der Waals surface area contributed by atoms with Crippen LogP contribution >= 0.6 is 15.9 Å². The fourth-order valence-corrected chi connectivity index (χ4v) is 1.42. The van der Waals surface area contributed by atoms with Gasteiger partial charge >= 0.3 is 0 Å². The molecular formula is C9H12BrNO. The summed E-state index contributed by atoms with van der Waals surface area (Å²) in [4.78, 5) is 0. The zero-order valence-electron chi connectivity index (χ0n) is 6.92. The van der Waals surface area contributed by atoms with Crippen molar-refractivity contribution >= 4 is 15.9 Å². The van der Waals surface area contributed by atoms with Crippen molar-refractivity contribution in [3.05, 3.63) is 28.2 Å². The van der Waals surface area contributed by atoms with Gasteiger partial charge in [0, 0.05) is 16.1 Å². The van der Waals surface area contributed by atoms with Crippen LogP contribution in [0.2, 0.25) is 0 Å². The zero-order chi connectivity index (χ0) is 9.14. The fraction of sp³-hybridized carbons (Fsp3) is 0.333. The largest absolute Gasteiger partial charge is 0.508 e. The van der Waals surface area contributed by atoms with Crippen LogP contribution < -0.4 is 5.73 Å². The van der Waals surface area contributed by atoms with Gasteiger partial charge in [0.25, 0.3) is 0 Å². The van der Waals surface area contributed by atoms with Crippen LogP contribution in [0.3, 0.4) is 0 Å². The Morgan fingerprint density at radius 3 is 2.83 bits per heavy atom. The SMILES string of the molecule is CC[C@H](N)c1cc(Br)ccc1O. The topological polar surface area (TPSA) is 46.2 Å². The van der Waals surface area contributed by atoms with Crippen molar-refractivity contribution in [2.24, 2.45) is 5.73 Å². The summed E-state index contributed by atoms with van der Waals surface area (Å²) in [5.74, 6) is 0.271. The smallest absolute Gasteiger partial charge is 0.120 e. The van der Waals surface area contributed by atoms with Crippen molar-refractivity contribution in [1.82, 2.24) is 0 Å². The van der Waals surface area contributed by atoms with E-state index in [9.17, 15) is 5.11 Å². The highest BCUT2D eigenvalue weighted by atomic mass is 79.9. The minimum absolute atomic E-state index is 0.0810. The highest BCUT2D eigenvalue weighted by molar-refractivity contribution is 9.10. The average Bonchev–Trinajstić information content (AvgIpc) is 2.08. The Bertz CT molecular complexity index is 275. The molecule has 1 rings (SSSR count). The molecule has 0 aliphatic rings. The monoisotopic (exact) mass is 229 g/mol. The lowest BCUT2D eigenvalue weighted by atomic mass is 10.0. The van der Waals surface area contributed by atoms with Crippen molar-refractivity contribution in [2.75, 3.05) is 0 Å². The first-order chi connectivity index (χ1) is 5.65. The average molecular weight is 230 g/mol. The summed E-state index contributed by atoms with van der Waals surface area (Å²) in [6.07, 6.45) is 0.823. The second-order valence-corrected chi connectivity index (χ2v) is 3.63. The number of halogens is 1. The van der Waals surface area contributed by atoms with E-state index in [-0.39, 0.29) is 11.8 Å². The molecule has 3 N–H and O–H groups in total. The van der Waals surface area contributed by atoms with E-state index in [2.05, 4.69) is 15.9 Å². The molecule has 0 unspecified atom stereocenters. The zero-order valence-corrected chi connectivity index (χ0v) is 8.51. The van der Waals surface area contributed by atoms with Crippen LogP contribution in [0.25, 0.3) is 0 Å². The summed E-state index contributed by atoms with van der Waals surface area (Å²) in [7, 11) is 0. The van der Waals surface area contributed by atoms with Crippen LogP contribution in [0.1, 0.15) is 24.9 Å². The lowest BCUT2D eigenvalue weighted by Crippen LogP contribution is -2.08. The molecule has 1 aromatic rings. The molecular weight excluding hydrogens is 218 g/mol. The quantitative estimate of drug-likeness (QED) is 0.820. The van der Waals surface area contributed by atoms with E-state index >= 15 is 0 Å². The van der Waals surface area contributed by atoms with Crippen molar-refractivity contribution in [1.29, 1.82) is 0 Å². The van der Waals surface area contributed by atoms with Crippen molar-refractivity contribution < 1.29 is 5.11 Å². The lowest BCUT2D eigenvalue weighted by Gasteiger charge is -2.11. The summed E-state index contributed by atoms with van der Waals surface area (Å²) in [6, 6.07) is 5.21. The summed E-state index contributed by atoms with van der Waals surface area (Å²) >= 11 is 3.33. The van der Waals surface area contributed by atoms with Gasteiger partial charge in [0.2, 0.25) is 0 Å². The first-order valence-corrected chi connectivity index (χ1v) is 4.68. The summed E-state index contributed by atoms with van der Waals surface area (Å²) in [6.45, 7) is 1.99. The molecule has 0 saturated heterocycles. The number of benzene rings is 1. The second-order valence-electron chi connectivity index (χ2n) is 2.72. The first-order valence-electron chi connectivity index (χ1n) is 3.89. The molecule has 1 aromatic carbocycles. The first kappa shape index (κ1) is 9.55. The molecule has 0 radical (unpaired) electrons. The molecule has 2 nitrogen and oxygen atoms in total. The van der Waals surface area contributed by atoms with Crippen LogP contribution in [0.15, 0.2) is 22.7 Å². The number of phenols is 1. The third-order valence-corrected chi connectivity index (χ3v) is 2.32. The maximum Gasteiger partial charge on any atom is 0.120 e. The Morgan fingerprint density at radius 2 is 2.25 bits per heavy atom.